The Balaban J connectivity index is 1.15. The van der Waals surface area contributed by atoms with Crippen LogP contribution >= 0.6 is 0 Å². The predicted molar refractivity (Wildman–Crippen MR) is 168 cm³/mol. The van der Waals surface area contributed by atoms with Crippen LogP contribution in [0.15, 0.2) is 146 Å². The second kappa shape index (κ2) is 12.0. The average molecular weight is 514 g/mol. The van der Waals surface area contributed by atoms with Crippen molar-refractivity contribution in [1.29, 1.82) is 0 Å². The summed E-state index contributed by atoms with van der Waals surface area (Å²) in [5, 5.41) is 0. The number of hydrogen-bond acceptors (Lipinski definition) is 1. The zero-order valence-corrected chi connectivity index (χ0v) is 22.1. The molecule has 1 N–H and O–H groups in total. The molecule has 0 atom stereocenters. The molecule has 6 aromatic rings. The Morgan fingerprint density at radius 1 is 0.425 bits per heavy atom. The zero-order valence-electron chi connectivity index (χ0n) is 22.1. The lowest BCUT2D eigenvalue weighted by Crippen LogP contribution is -2.06. The van der Waals surface area contributed by atoms with Gasteiger partial charge in [0.05, 0.1) is 0 Å². The van der Waals surface area contributed by atoms with Crippen molar-refractivity contribution in [3.8, 4) is 33.6 Å². The summed E-state index contributed by atoms with van der Waals surface area (Å²) in [5.74, 6) is 0. The smallest absolute Gasteiger partial charge is 0.230 e. The highest BCUT2D eigenvalue weighted by molar-refractivity contribution is 5.75. The van der Waals surface area contributed by atoms with Gasteiger partial charge in [0.1, 0.15) is 5.69 Å². The molecule has 0 saturated heterocycles. The van der Waals surface area contributed by atoms with E-state index in [1.54, 1.807) is 0 Å². The topological polar surface area (TPSA) is 27.0 Å². The predicted octanol–water partition coefficient (Wildman–Crippen LogP) is 9.24. The fourth-order valence-corrected chi connectivity index (χ4v) is 4.65. The molecule has 0 saturated carbocycles. The summed E-state index contributed by atoms with van der Waals surface area (Å²) in [6.07, 6.45) is 12.4. The summed E-state index contributed by atoms with van der Waals surface area (Å²) < 4.78 is 0. The molecule has 40 heavy (non-hydrogen) atoms. The van der Waals surface area contributed by atoms with Gasteiger partial charge in [0.15, 0.2) is 6.20 Å². The Morgan fingerprint density at radius 2 is 0.900 bits per heavy atom. The highest BCUT2D eigenvalue weighted by atomic mass is 14.8. The molecule has 2 heteroatoms. The zero-order chi connectivity index (χ0) is 27.0. The molecule has 0 spiro atoms. The first-order chi connectivity index (χ1) is 19.8. The maximum absolute atomic E-state index is 4.62. The van der Waals surface area contributed by atoms with Crippen molar-refractivity contribution < 1.29 is 4.98 Å². The van der Waals surface area contributed by atoms with Gasteiger partial charge in [-0.3, -0.25) is 0 Å². The van der Waals surface area contributed by atoms with Crippen molar-refractivity contribution in [3.63, 3.8) is 0 Å². The van der Waals surface area contributed by atoms with E-state index in [-0.39, 0.29) is 0 Å². The lowest BCUT2D eigenvalue weighted by atomic mass is 10.0. The van der Waals surface area contributed by atoms with E-state index in [2.05, 4.69) is 150 Å². The minimum Gasteiger partial charge on any atom is -0.250 e. The number of H-pyrrole nitrogens is 1. The van der Waals surface area contributed by atoms with Crippen LogP contribution in [0.25, 0.3) is 57.9 Å². The highest BCUT2D eigenvalue weighted by Gasteiger charge is 2.08. The van der Waals surface area contributed by atoms with Crippen LogP contribution in [0.2, 0.25) is 0 Å². The van der Waals surface area contributed by atoms with Gasteiger partial charge in [-0.15, -0.1) is 0 Å². The number of aromatic amines is 1. The lowest BCUT2D eigenvalue weighted by molar-refractivity contribution is -0.364. The van der Waals surface area contributed by atoms with Crippen molar-refractivity contribution in [3.05, 3.63) is 168 Å². The van der Waals surface area contributed by atoms with E-state index in [9.17, 15) is 0 Å². The summed E-state index contributed by atoms with van der Waals surface area (Å²) >= 11 is 0. The van der Waals surface area contributed by atoms with Crippen LogP contribution in [0.5, 0.6) is 0 Å². The molecule has 0 unspecified atom stereocenters. The molecule has 0 bridgehead atoms. The summed E-state index contributed by atoms with van der Waals surface area (Å²) in [5.41, 5.74) is 11.3. The largest absolute Gasteiger partial charge is 0.250 e. The molecule has 0 aliphatic carbocycles. The van der Waals surface area contributed by atoms with E-state index in [1.807, 2.05) is 30.6 Å². The Kier molecular flexibility index (Phi) is 7.50. The van der Waals surface area contributed by atoms with Gasteiger partial charge in [-0.05, 0) is 56.6 Å². The Morgan fingerprint density at radius 3 is 1.45 bits per heavy atom. The third-order valence-corrected chi connectivity index (χ3v) is 6.86. The summed E-state index contributed by atoms with van der Waals surface area (Å²) in [6, 6.07) is 46.5. The number of pyridine rings is 2. The van der Waals surface area contributed by atoms with Gasteiger partial charge in [-0.1, -0.05) is 133 Å². The number of benzene rings is 4. The van der Waals surface area contributed by atoms with Crippen LogP contribution in [0, 0.1) is 0 Å². The molecule has 6 rings (SSSR count). The van der Waals surface area contributed by atoms with Crippen molar-refractivity contribution in [1.82, 2.24) is 4.98 Å². The number of rotatable bonds is 7. The van der Waals surface area contributed by atoms with Crippen molar-refractivity contribution >= 4 is 24.3 Å². The van der Waals surface area contributed by atoms with Gasteiger partial charge in [0.2, 0.25) is 5.69 Å². The number of hydrogen-bond donors (Lipinski definition) is 0. The van der Waals surface area contributed by atoms with E-state index in [1.165, 1.54) is 22.3 Å². The SMILES string of the molecule is C(=C\c1ccnc(-c2cc(/C=C/c3ccc(-c4ccccc4)cc3)cc[nH+]2)c1)/c1ccc(-c2ccccc2)cc1. The van der Waals surface area contributed by atoms with Crippen LogP contribution in [-0.4, -0.2) is 4.98 Å². The monoisotopic (exact) mass is 513 g/mol. The fourth-order valence-electron chi connectivity index (χ4n) is 4.65. The summed E-state index contributed by atoms with van der Waals surface area (Å²) in [4.78, 5) is 7.97. The normalized spacial score (nSPS) is 11.3. The first kappa shape index (κ1) is 25.0. The molecule has 0 aliphatic heterocycles. The summed E-state index contributed by atoms with van der Waals surface area (Å²) in [6.45, 7) is 0. The number of nitrogens with zero attached hydrogens (tertiary/aromatic N) is 1. The van der Waals surface area contributed by atoms with Gasteiger partial charge >= 0.3 is 0 Å². The molecule has 2 nitrogen and oxygen atoms in total. The molecule has 190 valence electrons. The highest BCUT2D eigenvalue weighted by Crippen LogP contribution is 2.22. The van der Waals surface area contributed by atoms with Crippen LogP contribution < -0.4 is 4.98 Å². The maximum Gasteiger partial charge on any atom is 0.230 e. The molecule has 0 fully saturated rings. The van der Waals surface area contributed by atoms with Crippen LogP contribution in [-0.2, 0) is 0 Å². The Hall–Kier alpha value is -5.34. The molecular formula is C38H29N2+. The van der Waals surface area contributed by atoms with Crippen LogP contribution in [0.4, 0.5) is 0 Å². The molecular weight excluding hydrogens is 484 g/mol. The second-order valence-corrected chi connectivity index (χ2v) is 9.65. The van der Waals surface area contributed by atoms with Crippen molar-refractivity contribution in [2.75, 3.05) is 0 Å². The molecule has 0 aliphatic rings. The van der Waals surface area contributed by atoms with E-state index in [4.69, 9.17) is 0 Å². The summed E-state index contributed by atoms with van der Waals surface area (Å²) in [7, 11) is 0. The van der Waals surface area contributed by atoms with Gasteiger partial charge in [-0.25, -0.2) is 9.97 Å². The minimum absolute atomic E-state index is 0.907. The quantitative estimate of drug-likeness (QED) is 0.209. The van der Waals surface area contributed by atoms with Crippen molar-refractivity contribution in [2.45, 2.75) is 0 Å². The third kappa shape index (κ3) is 6.20. The molecule has 2 heterocycles. The standard InChI is InChI=1S/C38H28N2/c1-3-7-33(8-4-1)35-19-15-29(16-20-35)11-13-31-23-25-39-37(27-31)38-28-32(24-26-40-38)14-12-30-17-21-36(22-18-30)34-9-5-2-6-10-34/h1-28H/p+1/b13-11+,14-12+. The first-order valence-electron chi connectivity index (χ1n) is 13.5. The second-order valence-electron chi connectivity index (χ2n) is 9.65. The average Bonchev–Trinajstić information content (AvgIpc) is 3.04. The lowest BCUT2D eigenvalue weighted by Gasteiger charge is -2.02. The van der Waals surface area contributed by atoms with Gasteiger partial charge < -0.3 is 0 Å². The Bertz CT molecular complexity index is 1610. The van der Waals surface area contributed by atoms with Gasteiger partial charge in [-0.2, -0.15) is 0 Å². The number of nitrogens with one attached hydrogen (secondary N) is 1. The first-order valence-corrected chi connectivity index (χ1v) is 13.5. The molecule has 4 aromatic carbocycles. The van der Waals surface area contributed by atoms with Gasteiger partial charge in [0.25, 0.3) is 0 Å². The van der Waals surface area contributed by atoms with Gasteiger partial charge in [0, 0.05) is 18.3 Å². The number of aromatic nitrogens is 2. The fraction of sp³-hybridized carbons (Fsp3) is 0. The van der Waals surface area contributed by atoms with Crippen LogP contribution in [0.3, 0.4) is 0 Å². The van der Waals surface area contributed by atoms with E-state index < -0.39 is 0 Å². The third-order valence-electron chi connectivity index (χ3n) is 6.86. The molecule has 0 amide bonds. The Labute approximate surface area is 235 Å². The van der Waals surface area contributed by atoms with Crippen molar-refractivity contribution in [2.24, 2.45) is 0 Å². The van der Waals surface area contributed by atoms with E-state index in [0.29, 0.717) is 0 Å². The van der Waals surface area contributed by atoms with E-state index >= 15 is 0 Å². The maximum atomic E-state index is 4.62. The molecule has 2 aromatic heterocycles. The molecule has 0 radical (unpaired) electrons. The van der Waals surface area contributed by atoms with E-state index in [0.717, 1.165) is 33.6 Å². The minimum atomic E-state index is 0.907. The van der Waals surface area contributed by atoms with Crippen LogP contribution in [0.1, 0.15) is 22.3 Å².